The zero-order chi connectivity index (χ0) is 22.5. The predicted molar refractivity (Wildman–Crippen MR) is 124 cm³/mol. The van der Waals surface area contributed by atoms with E-state index in [1.54, 1.807) is 36.4 Å². The minimum absolute atomic E-state index is 0.0267. The molecule has 7 heteroatoms. The van der Waals surface area contributed by atoms with Gasteiger partial charge in [-0.25, -0.2) is 0 Å². The number of benzene rings is 3. The largest absolute Gasteiger partial charge is 0.508 e. The number of anilines is 1. The predicted octanol–water partition coefficient (Wildman–Crippen LogP) is 6.14. The first-order valence-electron chi connectivity index (χ1n) is 9.75. The van der Waals surface area contributed by atoms with Crippen LogP contribution >= 0.6 is 23.2 Å². The fraction of sp³-hybridized carbons (Fsp3) is 0.208. The van der Waals surface area contributed by atoms with Crippen molar-refractivity contribution in [1.29, 1.82) is 0 Å². The van der Waals surface area contributed by atoms with Gasteiger partial charge in [0.1, 0.15) is 17.2 Å². The highest BCUT2D eigenvalue weighted by Crippen LogP contribution is 2.34. The summed E-state index contributed by atoms with van der Waals surface area (Å²) >= 11 is 12.9. The number of rotatable bonds is 7. The third-order valence-corrected chi connectivity index (χ3v) is 5.43. The maximum absolute atomic E-state index is 12.1. The molecule has 0 heterocycles. The van der Waals surface area contributed by atoms with Crippen molar-refractivity contribution in [2.45, 2.75) is 26.2 Å². The van der Waals surface area contributed by atoms with Crippen LogP contribution in [0, 0.1) is 0 Å². The molecule has 3 aromatic rings. The van der Waals surface area contributed by atoms with Crippen molar-refractivity contribution in [1.82, 2.24) is 0 Å². The summed E-state index contributed by atoms with van der Waals surface area (Å²) in [6.07, 6.45) is 0.492. The molecule has 0 aliphatic rings. The van der Waals surface area contributed by atoms with Crippen molar-refractivity contribution in [3.05, 3.63) is 81.3 Å². The van der Waals surface area contributed by atoms with Crippen LogP contribution in [0.1, 0.15) is 36.5 Å². The summed E-state index contributed by atoms with van der Waals surface area (Å²) in [6.45, 7) is 3.76. The Morgan fingerprint density at radius 1 is 1.00 bits per heavy atom. The smallest absolute Gasteiger partial charge is 0.262 e. The van der Waals surface area contributed by atoms with Crippen LogP contribution in [-0.4, -0.2) is 22.7 Å². The van der Waals surface area contributed by atoms with Crippen molar-refractivity contribution < 1.29 is 19.7 Å². The quantitative estimate of drug-likeness (QED) is 0.371. The van der Waals surface area contributed by atoms with E-state index in [0.717, 1.165) is 16.7 Å². The number of ether oxygens (including phenoxy) is 1. The number of hydrogen-bond acceptors (Lipinski definition) is 4. The van der Waals surface area contributed by atoms with Gasteiger partial charge in [-0.3, -0.25) is 4.79 Å². The molecule has 0 saturated carbocycles. The van der Waals surface area contributed by atoms with E-state index in [-0.39, 0.29) is 24.0 Å². The summed E-state index contributed by atoms with van der Waals surface area (Å²) < 4.78 is 5.52. The lowest BCUT2D eigenvalue weighted by molar-refractivity contribution is -0.118. The molecule has 3 aromatic carbocycles. The minimum atomic E-state index is -0.428. The molecule has 0 aromatic heterocycles. The third-order valence-electron chi connectivity index (χ3n) is 4.76. The van der Waals surface area contributed by atoms with Crippen LogP contribution in [0.5, 0.6) is 17.2 Å². The number of nitrogens with one attached hydrogen (secondary N) is 1. The minimum Gasteiger partial charge on any atom is -0.508 e. The zero-order valence-corrected chi connectivity index (χ0v) is 18.7. The highest BCUT2D eigenvalue weighted by Gasteiger charge is 2.14. The number of carbonyl (C=O) groups is 1. The number of halogens is 2. The second kappa shape index (κ2) is 9.94. The van der Waals surface area contributed by atoms with Crippen molar-refractivity contribution >= 4 is 34.8 Å². The van der Waals surface area contributed by atoms with Gasteiger partial charge in [-0.2, -0.15) is 0 Å². The maximum atomic E-state index is 12.1. The topological polar surface area (TPSA) is 78.8 Å². The molecule has 0 aliphatic carbocycles. The number of para-hydroxylation sites is 2. The summed E-state index contributed by atoms with van der Waals surface area (Å²) in [5.41, 5.74) is 2.87. The molecular weight excluding hydrogens is 437 g/mol. The number of phenols is 2. The van der Waals surface area contributed by atoms with Crippen LogP contribution < -0.4 is 10.1 Å². The monoisotopic (exact) mass is 459 g/mol. The summed E-state index contributed by atoms with van der Waals surface area (Å²) in [5.74, 6) is 0.358. The third kappa shape index (κ3) is 5.84. The Balaban J connectivity index is 1.68. The van der Waals surface area contributed by atoms with Gasteiger partial charge in [-0.1, -0.05) is 61.3 Å². The number of amides is 1. The van der Waals surface area contributed by atoms with Crippen molar-refractivity contribution in [2.24, 2.45) is 0 Å². The van der Waals surface area contributed by atoms with Gasteiger partial charge >= 0.3 is 0 Å². The van der Waals surface area contributed by atoms with Crippen molar-refractivity contribution in [3.63, 3.8) is 0 Å². The van der Waals surface area contributed by atoms with Gasteiger partial charge in [-0.15, -0.1) is 0 Å². The van der Waals surface area contributed by atoms with E-state index >= 15 is 0 Å². The molecule has 0 spiro atoms. The van der Waals surface area contributed by atoms with E-state index in [2.05, 4.69) is 5.32 Å². The molecule has 1 amide bonds. The second-order valence-electron chi connectivity index (χ2n) is 7.44. The average molecular weight is 460 g/mol. The number of carbonyl (C=O) groups excluding carboxylic acids is 1. The fourth-order valence-corrected chi connectivity index (χ4v) is 3.73. The SMILES string of the molecule is CC(C)c1cc(Cc2c(Cl)cc(OCC(=O)Nc3ccccc3O)cc2Cl)ccc1O. The Kier molecular flexibility index (Phi) is 7.31. The lowest BCUT2D eigenvalue weighted by Crippen LogP contribution is -2.20. The van der Waals surface area contributed by atoms with Crippen LogP contribution in [0.2, 0.25) is 10.0 Å². The van der Waals surface area contributed by atoms with Crippen LogP contribution in [0.25, 0.3) is 0 Å². The first-order valence-corrected chi connectivity index (χ1v) is 10.5. The zero-order valence-electron chi connectivity index (χ0n) is 17.2. The van der Waals surface area contributed by atoms with Crippen LogP contribution in [0.4, 0.5) is 5.69 Å². The molecule has 0 aliphatic heterocycles. The first kappa shape index (κ1) is 22.8. The Labute approximate surface area is 191 Å². The number of phenolic OH excluding ortho intramolecular Hbond substituents is 2. The van der Waals surface area contributed by atoms with Gasteiger partial charge in [-0.05, 0) is 52.9 Å². The van der Waals surface area contributed by atoms with Crippen LogP contribution in [-0.2, 0) is 11.2 Å². The lowest BCUT2D eigenvalue weighted by atomic mass is 9.96. The van der Waals surface area contributed by atoms with E-state index in [0.29, 0.717) is 27.9 Å². The van der Waals surface area contributed by atoms with Crippen LogP contribution in [0.15, 0.2) is 54.6 Å². The molecule has 0 radical (unpaired) electrons. The Morgan fingerprint density at radius 3 is 2.32 bits per heavy atom. The molecular formula is C24H23Cl2NO4. The van der Waals surface area contributed by atoms with E-state index in [1.807, 2.05) is 26.0 Å². The normalized spacial score (nSPS) is 10.9. The van der Waals surface area contributed by atoms with Gasteiger partial charge in [0.25, 0.3) is 5.91 Å². The molecule has 3 rings (SSSR count). The standard InChI is InChI=1S/C24H23Cl2NO4/c1-14(2)17-9-15(7-8-22(17)28)10-18-19(25)11-16(12-20(18)26)31-13-24(30)27-21-5-3-4-6-23(21)29/h3-9,11-12,14,28-29H,10,13H2,1-2H3,(H,27,30). The molecule has 0 unspecified atom stereocenters. The Bertz CT molecular complexity index is 1080. The second-order valence-corrected chi connectivity index (χ2v) is 8.26. The number of aromatic hydroxyl groups is 2. The Morgan fingerprint density at radius 2 is 1.68 bits per heavy atom. The van der Waals surface area contributed by atoms with Crippen molar-refractivity contribution in [3.8, 4) is 17.2 Å². The van der Waals surface area contributed by atoms with Gasteiger partial charge in [0, 0.05) is 16.5 Å². The van der Waals surface area contributed by atoms with E-state index in [4.69, 9.17) is 27.9 Å². The highest BCUT2D eigenvalue weighted by atomic mass is 35.5. The first-order chi connectivity index (χ1) is 14.7. The summed E-state index contributed by atoms with van der Waals surface area (Å²) in [6, 6.07) is 15.1. The maximum Gasteiger partial charge on any atom is 0.262 e. The number of hydrogen-bond donors (Lipinski definition) is 3. The van der Waals surface area contributed by atoms with Gasteiger partial charge in [0.05, 0.1) is 5.69 Å². The molecule has 3 N–H and O–H groups in total. The highest BCUT2D eigenvalue weighted by molar-refractivity contribution is 6.36. The summed E-state index contributed by atoms with van der Waals surface area (Å²) in [4.78, 5) is 12.1. The van der Waals surface area contributed by atoms with E-state index in [9.17, 15) is 15.0 Å². The van der Waals surface area contributed by atoms with Crippen LogP contribution in [0.3, 0.4) is 0 Å². The Hall–Kier alpha value is -2.89. The molecule has 162 valence electrons. The average Bonchev–Trinajstić information content (AvgIpc) is 2.72. The molecule has 0 fully saturated rings. The van der Waals surface area contributed by atoms with Gasteiger partial charge < -0.3 is 20.3 Å². The van der Waals surface area contributed by atoms with E-state index < -0.39 is 5.91 Å². The lowest BCUT2D eigenvalue weighted by Gasteiger charge is -2.14. The molecule has 31 heavy (non-hydrogen) atoms. The summed E-state index contributed by atoms with van der Waals surface area (Å²) in [5, 5.41) is 23.2. The van der Waals surface area contributed by atoms with E-state index in [1.165, 1.54) is 6.07 Å². The molecule has 5 nitrogen and oxygen atoms in total. The van der Waals surface area contributed by atoms with Gasteiger partial charge in [0.2, 0.25) is 0 Å². The molecule has 0 atom stereocenters. The molecule has 0 saturated heterocycles. The summed E-state index contributed by atoms with van der Waals surface area (Å²) in [7, 11) is 0. The van der Waals surface area contributed by atoms with Gasteiger partial charge in [0.15, 0.2) is 6.61 Å². The van der Waals surface area contributed by atoms with Crippen molar-refractivity contribution in [2.75, 3.05) is 11.9 Å². The molecule has 0 bridgehead atoms. The fourth-order valence-electron chi connectivity index (χ4n) is 3.13.